The number of aryl methyl sites for hydroxylation is 2. The van der Waals surface area contributed by atoms with Crippen LogP contribution >= 0.6 is 11.8 Å². The summed E-state index contributed by atoms with van der Waals surface area (Å²) in [6.45, 7) is 5.40. The molecule has 0 saturated carbocycles. The standard InChI is InChI=1S/C23H25N3O3S/c1-14-18(15(2)25-23(24-14)30-4)12-13-21(27)29-16(3)22(28)26-20-11-7-9-17-8-5-6-10-19(17)20/h5-11,16H,12-13H2,1-4H3,(H,26,28)/t16-/m1/s1. The van der Waals surface area contributed by atoms with Gasteiger partial charge >= 0.3 is 5.97 Å². The van der Waals surface area contributed by atoms with E-state index in [0.717, 1.165) is 32.9 Å². The molecule has 0 aliphatic rings. The molecule has 1 N–H and O–H groups in total. The number of thioether (sulfide) groups is 1. The van der Waals surface area contributed by atoms with Crippen molar-refractivity contribution in [3.63, 3.8) is 0 Å². The van der Waals surface area contributed by atoms with E-state index in [1.807, 2.05) is 62.6 Å². The van der Waals surface area contributed by atoms with Crippen molar-refractivity contribution in [2.24, 2.45) is 0 Å². The molecule has 0 bridgehead atoms. The van der Waals surface area contributed by atoms with Crippen LogP contribution in [0, 0.1) is 13.8 Å². The monoisotopic (exact) mass is 423 g/mol. The molecule has 7 heteroatoms. The van der Waals surface area contributed by atoms with Crippen molar-refractivity contribution in [3.05, 3.63) is 59.4 Å². The van der Waals surface area contributed by atoms with Crippen molar-refractivity contribution in [1.29, 1.82) is 0 Å². The Morgan fingerprint density at radius 2 is 1.73 bits per heavy atom. The summed E-state index contributed by atoms with van der Waals surface area (Å²) in [7, 11) is 0. The lowest BCUT2D eigenvalue weighted by molar-refractivity contribution is -0.153. The maximum absolute atomic E-state index is 12.5. The molecule has 0 spiro atoms. The van der Waals surface area contributed by atoms with Gasteiger partial charge in [0, 0.05) is 28.9 Å². The summed E-state index contributed by atoms with van der Waals surface area (Å²) in [5.74, 6) is -0.789. The third-order valence-corrected chi connectivity index (χ3v) is 5.43. The fraction of sp³-hybridized carbons (Fsp3) is 0.304. The Bertz CT molecular complexity index is 1060. The van der Waals surface area contributed by atoms with Gasteiger partial charge in [-0.3, -0.25) is 9.59 Å². The SMILES string of the molecule is CSc1nc(C)c(CCC(=O)O[C@H](C)C(=O)Nc2cccc3ccccc23)c(C)n1. The van der Waals surface area contributed by atoms with Crippen LogP contribution in [0.1, 0.15) is 30.3 Å². The molecule has 0 unspecified atom stereocenters. The average molecular weight is 424 g/mol. The Labute approximate surface area is 180 Å². The van der Waals surface area contributed by atoms with Gasteiger partial charge in [-0.15, -0.1) is 0 Å². The second kappa shape index (κ2) is 9.71. The lowest BCUT2D eigenvalue weighted by Crippen LogP contribution is -2.30. The average Bonchev–Trinajstić information content (AvgIpc) is 2.73. The Morgan fingerprint density at radius 3 is 2.43 bits per heavy atom. The van der Waals surface area contributed by atoms with Crippen LogP contribution in [0.15, 0.2) is 47.6 Å². The minimum absolute atomic E-state index is 0.162. The lowest BCUT2D eigenvalue weighted by atomic mass is 10.1. The van der Waals surface area contributed by atoms with E-state index in [9.17, 15) is 9.59 Å². The second-order valence-corrected chi connectivity index (χ2v) is 7.78. The molecule has 0 saturated heterocycles. The Hall–Kier alpha value is -2.93. The van der Waals surface area contributed by atoms with E-state index < -0.39 is 12.1 Å². The highest BCUT2D eigenvalue weighted by molar-refractivity contribution is 7.98. The third-order valence-electron chi connectivity index (χ3n) is 4.89. The number of carbonyl (C=O) groups excluding carboxylic acids is 2. The zero-order valence-electron chi connectivity index (χ0n) is 17.6. The predicted octanol–water partition coefficient (Wildman–Crippen LogP) is 4.47. The molecule has 0 radical (unpaired) electrons. The van der Waals surface area contributed by atoms with E-state index in [0.29, 0.717) is 12.1 Å². The summed E-state index contributed by atoms with van der Waals surface area (Å²) in [5.41, 5.74) is 3.36. The molecule has 1 amide bonds. The van der Waals surface area contributed by atoms with Gasteiger partial charge in [-0.05, 0) is 50.5 Å². The number of nitrogens with zero attached hydrogens (tertiary/aromatic N) is 2. The van der Waals surface area contributed by atoms with Crippen LogP contribution < -0.4 is 5.32 Å². The summed E-state index contributed by atoms with van der Waals surface area (Å²) in [6.07, 6.45) is 1.67. The molecule has 0 fully saturated rings. The maximum atomic E-state index is 12.5. The molecule has 3 rings (SSSR count). The molecule has 156 valence electrons. The molecule has 3 aromatic rings. The van der Waals surface area contributed by atoms with Gasteiger partial charge < -0.3 is 10.1 Å². The molecule has 6 nitrogen and oxygen atoms in total. The molecular weight excluding hydrogens is 398 g/mol. The number of hydrogen-bond donors (Lipinski definition) is 1. The third kappa shape index (κ3) is 5.16. The fourth-order valence-corrected chi connectivity index (χ4v) is 3.72. The number of esters is 1. The minimum Gasteiger partial charge on any atom is -0.453 e. The number of amides is 1. The number of benzene rings is 2. The zero-order valence-corrected chi connectivity index (χ0v) is 18.4. The first-order valence-electron chi connectivity index (χ1n) is 9.75. The molecular formula is C23H25N3O3S. The first kappa shape index (κ1) is 21.8. The quantitative estimate of drug-likeness (QED) is 0.343. The van der Waals surface area contributed by atoms with E-state index in [4.69, 9.17) is 4.74 Å². The highest BCUT2D eigenvalue weighted by atomic mass is 32.2. The van der Waals surface area contributed by atoms with Gasteiger partial charge in [0.2, 0.25) is 0 Å². The van der Waals surface area contributed by atoms with Gasteiger partial charge in [0.1, 0.15) is 0 Å². The van der Waals surface area contributed by atoms with Gasteiger partial charge in [-0.1, -0.05) is 48.2 Å². The normalized spacial score (nSPS) is 11.9. The van der Waals surface area contributed by atoms with Crippen LogP contribution in [0.5, 0.6) is 0 Å². The molecule has 1 aromatic heterocycles. The van der Waals surface area contributed by atoms with Gasteiger partial charge in [0.25, 0.3) is 5.91 Å². The second-order valence-electron chi connectivity index (χ2n) is 7.01. The van der Waals surface area contributed by atoms with E-state index in [1.54, 1.807) is 6.92 Å². The summed E-state index contributed by atoms with van der Waals surface area (Å²) in [5, 5.41) is 5.54. The van der Waals surface area contributed by atoms with E-state index >= 15 is 0 Å². The number of ether oxygens (including phenoxy) is 1. The lowest BCUT2D eigenvalue weighted by Gasteiger charge is -2.15. The molecule has 1 atom stereocenters. The zero-order chi connectivity index (χ0) is 21.7. The van der Waals surface area contributed by atoms with Crippen molar-refractivity contribution < 1.29 is 14.3 Å². The summed E-state index contributed by atoms with van der Waals surface area (Å²) < 4.78 is 5.35. The van der Waals surface area contributed by atoms with Crippen molar-refractivity contribution in [2.45, 2.75) is 44.9 Å². The Balaban J connectivity index is 1.58. The highest BCUT2D eigenvalue weighted by Crippen LogP contribution is 2.23. The summed E-state index contributed by atoms with van der Waals surface area (Å²) in [6, 6.07) is 13.5. The first-order valence-corrected chi connectivity index (χ1v) is 11.0. The topological polar surface area (TPSA) is 81.2 Å². The van der Waals surface area contributed by atoms with Gasteiger partial charge in [-0.25, -0.2) is 9.97 Å². The molecule has 1 heterocycles. The van der Waals surface area contributed by atoms with Gasteiger partial charge in [0.15, 0.2) is 11.3 Å². The van der Waals surface area contributed by atoms with Crippen LogP contribution in [0.4, 0.5) is 5.69 Å². The number of anilines is 1. The van der Waals surface area contributed by atoms with Crippen LogP contribution in [-0.2, 0) is 20.7 Å². The van der Waals surface area contributed by atoms with E-state index in [1.165, 1.54) is 11.8 Å². The molecule has 30 heavy (non-hydrogen) atoms. The van der Waals surface area contributed by atoms with Crippen molar-refractivity contribution in [3.8, 4) is 0 Å². The fourth-order valence-electron chi connectivity index (χ4n) is 3.27. The van der Waals surface area contributed by atoms with Gasteiger partial charge in [-0.2, -0.15) is 0 Å². The smallest absolute Gasteiger partial charge is 0.306 e. The number of carbonyl (C=O) groups is 2. The number of aromatic nitrogens is 2. The first-order chi connectivity index (χ1) is 14.4. The van der Waals surface area contributed by atoms with Crippen molar-refractivity contribution >= 4 is 40.1 Å². The van der Waals surface area contributed by atoms with Crippen molar-refractivity contribution in [1.82, 2.24) is 9.97 Å². The molecule has 2 aromatic carbocycles. The van der Waals surface area contributed by atoms with Crippen LogP contribution in [0.2, 0.25) is 0 Å². The molecule has 0 aliphatic heterocycles. The van der Waals surface area contributed by atoms with Crippen LogP contribution in [-0.4, -0.2) is 34.2 Å². The number of nitrogens with one attached hydrogen (secondary N) is 1. The highest BCUT2D eigenvalue weighted by Gasteiger charge is 2.19. The minimum atomic E-state index is -0.895. The maximum Gasteiger partial charge on any atom is 0.306 e. The van der Waals surface area contributed by atoms with E-state index in [2.05, 4.69) is 15.3 Å². The number of rotatable bonds is 7. The van der Waals surface area contributed by atoms with Crippen LogP contribution in [0.3, 0.4) is 0 Å². The number of fused-ring (bicyclic) bond motifs is 1. The summed E-state index contributed by atoms with van der Waals surface area (Å²) >= 11 is 1.48. The van der Waals surface area contributed by atoms with Gasteiger partial charge in [0.05, 0.1) is 0 Å². The van der Waals surface area contributed by atoms with Crippen molar-refractivity contribution in [2.75, 3.05) is 11.6 Å². The van der Waals surface area contributed by atoms with E-state index in [-0.39, 0.29) is 12.3 Å². The van der Waals surface area contributed by atoms with Crippen LogP contribution in [0.25, 0.3) is 10.8 Å². The largest absolute Gasteiger partial charge is 0.453 e. The predicted molar refractivity (Wildman–Crippen MR) is 120 cm³/mol. The summed E-state index contributed by atoms with van der Waals surface area (Å²) in [4.78, 5) is 33.7. The molecule has 0 aliphatic carbocycles. The Kier molecular flexibility index (Phi) is 7.05. The Morgan fingerprint density at radius 1 is 1.07 bits per heavy atom. The number of hydrogen-bond acceptors (Lipinski definition) is 6.